The van der Waals surface area contributed by atoms with Crippen molar-refractivity contribution < 1.29 is 13.2 Å². The summed E-state index contributed by atoms with van der Waals surface area (Å²) in [7, 11) is -3.60. The molecule has 2 heterocycles. The Morgan fingerprint density at radius 3 is 2.64 bits per heavy atom. The topological polar surface area (TPSA) is 84.3 Å². The summed E-state index contributed by atoms with van der Waals surface area (Å²) in [5, 5.41) is 7.45. The predicted octanol–water partition coefficient (Wildman–Crippen LogP) is 4.24. The van der Waals surface area contributed by atoms with Crippen molar-refractivity contribution in [3.8, 4) is 0 Å². The van der Waals surface area contributed by atoms with Gasteiger partial charge in [0.1, 0.15) is 5.82 Å². The van der Waals surface area contributed by atoms with Crippen LogP contribution in [-0.4, -0.2) is 41.5 Å². The van der Waals surface area contributed by atoms with Gasteiger partial charge in [-0.2, -0.15) is 9.40 Å². The van der Waals surface area contributed by atoms with Crippen molar-refractivity contribution in [2.75, 3.05) is 18.4 Å². The number of hydrogen-bond donors (Lipinski definition) is 1. The van der Waals surface area contributed by atoms with E-state index in [1.807, 2.05) is 10.7 Å². The first-order chi connectivity index (χ1) is 16.0. The predicted molar refractivity (Wildman–Crippen MR) is 127 cm³/mol. The van der Waals surface area contributed by atoms with E-state index in [4.69, 9.17) is 0 Å². The summed E-state index contributed by atoms with van der Waals surface area (Å²) in [5.74, 6) is 0.252. The maximum atomic E-state index is 13.1. The monoisotopic (exact) mass is 464 g/mol. The van der Waals surface area contributed by atoms with Gasteiger partial charge in [0, 0.05) is 24.7 Å². The van der Waals surface area contributed by atoms with E-state index < -0.39 is 10.0 Å². The van der Waals surface area contributed by atoms with E-state index in [1.54, 1.807) is 30.5 Å². The SMILES string of the molecule is O=C(Nc1ccnn1C1CCCc2ccccc21)c1cccc(S(=O)(=O)N2CCCCC2)c1. The van der Waals surface area contributed by atoms with Crippen molar-refractivity contribution in [2.24, 2.45) is 0 Å². The van der Waals surface area contributed by atoms with E-state index in [0.29, 0.717) is 24.5 Å². The highest BCUT2D eigenvalue weighted by Gasteiger charge is 2.27. The largest absolute Gasteiger partial charge is 0.307 e. The van der Waals surface area contributed by atoms with Gasteiger partial charge in [-0.25, -0.2) is 13.1 Å². The molecule has 5 rings (SSSR count). The van der Waals surface area contributed by atoms with Crippen LogP contribution < -0.4 is 5.32 Å². The highest BCUT2D eigenvalue weighted by molar-refractivity contribution is 7.89. The minimum absolute atomic E-state index is 0.0612. The molecule has 1 aliphatic heterocycles. The smallest absolute Gasteiger partial charge is 0.256 e. The number of rotatable bonds is 5. The molecule has 2 aliphatic rings. The number of aromatic nitrogens is 2. The molecule has 1 saturated heterocycles. The molecule has 0 radical (unpaired) electrons. The molecular formula is C25H28N4O3S. The Kier molecular flexibility index (Phi) is 6.03. The van der Waals surface area contributed by atoms with Crippen molar-refractivity contribution in [1.29, 1.82) is 0 Å². The molecular weight excluding hydrogens is 436 g/mol. The van der Waals surface area contributed by atoms with Crippen LogP contribution in [0.3, 0.4) is 0 Å². The number of hydrogen-bond acceptors (Lipinski definition) is 4. The zero-order valence-electron chi connectivity index (χ0n) is 18.5. The Bertz CT molecular complexity index is 1260. The van der Waals surface area contributed by atoms with Crippen LogP contribution in [0.15, 0.2) is 65.7 Å². The second-order valence-electron chi connectivity index (χ2n) is 8.71. The molecule has 1 atom stereocenters. The normalized spacial score (nSPS) is 19.1. The summed E-state index contributed by atoms with van der Waals surface area (Å²) in [6.45, 7) is 1.06. The molecule has 1 amide bonds. The van der Waals surface area contributed by atoms with Crippen LogP contribution in [0.4, 0.5) is 5.82 Å². The molecule has 1 aliphatic carbocycles. The van der Waals surface area contributed by atoms with Crippen molar-refractivity contribution >= 4 is 21.7 Å². The number of anilines is 1. The first-order valence-electron chi connectivity index (χ1n) is 11.6. The fraction of sp³-hybridized carbons (Fsp3) is 0.360. The highest BCUT2D eigenvalue weighted by atomic mass is 32.2. The summed E-state index contributed by atoms with van der Waals surface area (Å²) in [6.07, 6.45) is 7.53. The van der Waals surface area contributed by atoms with E-state index >= 15 is 0 Å². The van der Waals surface area contributed by atoms with Gasteiger partial charge in [0.2, 0.25) is 10.0 Å². The lowest BCUT2D eigenvalue weighted by Crippen LogP contribution is -2.35. The van der Waals surface area contributed by atoms with Gasteiger partial charge < -0.3 is 5.32 Å². The average Bonchev–Trinajstić information content (AvgIpc) is 3.32. The lowest BCUT2D eigenvalue weighted by molar-refractivity contribution is 0.102. The standard InChI is InChI=1S/C25H28N4O3S/c30-25(20-10-6-11-21(18-20)33(31,32)28-16-4-1-5-17-28)27-24-14-15-26-29(24)23-13-7-9-19-8-2-3-12-22(19)23/h2-3,6,8,10-12,14-15,18,23H,1,4-5,7,9,13,16-17H2,(H,27,30). The van der Waals surface area contributed by atoms with Crippen LogP contribution in [0.25, 0.3) is 0 Å². The van der Waals surface area contributed by atoms with Crippen LogP contribution in [0.5, 0.6) is 0 Å². The molecule has 0 saturated carbocycles. The summed E-state index contributed by atoms with van der Waals surface area (Å²) in [6, 6.07) is 16.5. The summed E-state index contributed by atoms with van der Waals surface area (Å²) in [4.78, 5) is 13.2. The summed E-state index contributed by atoms with van der Waals surface area (Å²) in [5.41, 5.74) is 2.86. The van der Waals surface area contributed by atoms with Crippen molar-refractivity contribution in [3.63, 3.8) is 0 Å². The Hall–Kier alpha value is -2.97. The van der Waals surface area contributed by atoms with E-state index in [-0.39, 0.29) is 16.8 Å². The Labute approximate surface area is 194 Å². The fourth-order valence-electron chi connectivity index (χ4n) is 4.88. The lowest BCUT2D eigenvalue weighted by atomic mass is 9.88. The number of amides is 1. The van der Waals surface area contributed by atoms with Crippen molar-refractivity contribution in [3.05, 3.63) is 77.5 Å². The third kappa shape index (κ3) is 4.32. The van der Waals surface area contributed by atoms with Crippen molar-refractivity contribution in [2.45, 2.75) is 49.5 Å². The van der Waals surface area contributed by atoms with Gasteiger partial charge in [-0.1, -0.05) is 36.8 Å². The number of nitrogens with one attached hydrogen (secondary N) is 1. The van der Waals surface area contributed by atoms with E-state index in [9.17, 15) is 13.2 Å². The van der Waals surface area contributed by atoms with Crippen LogP contribution in [0, 0.1) is 0 Å². The van der Waals surface area contributed by atoms with Gasteiger partial charge in [0.25, 0.3) is 5.91 Å². The van der Waals surface area contributed by atoms with Gasteiger partial charge in [-0.15, -0.1) is 0 Å². The number of fused-ring (bicyclic) bond motifs is 1. The molecule has 33 heavy (non-hydrogen) atoms. The van der Waals surface area contributed by atoms with Crippen LogP contribution in [0.2, 0.25) is 0 Å². The number of aryl methyl sites for hydroxylation is 1. The highest BCUT2D eigenvalue weighted by Crippen LogP contribution is 2.34. The minimum atomic E-state index is -3.60. The number of sulfonamides is 1. The molecule has 1 fully saturated rings. The number of carbonyl (C=O) groups excluding carboxylic acids is 1. The number of piperidine rings is 1. The van der Waals surface area contributed by atoms with Crippen LogP contribution in [0.1, 0.15) is 59.6 Å². The van der Waals surface area contributed by atoms with Crippen molar-refractivity contribution in [1.82, 2.24) is 14.1 Å². The van der Waals surface area contributed by atoms with Gasteiger partial charge in [-0.05, 0) is 61.4 Å². The maximum Gasteiger partial charge on any atom is 0.256 e. The second-order valence-corrected chi connectivity index (χ2v) is 10.7. The zero-order chi connectivity index (χ0) is 22.8. The third-order valence-electron chi connectivity index (χ3n) is 6.59. The lowest BCUT2D eigenvalue weighted by Gasteiger charge is -2.27. The first-order valence-corrected chi connectivity index (χ1v) is 13.0. The quantitative estimate of drug-likeness (QED) is 0.612. The first kappa shape index (κ1) is 21.9. The summed E-state index contributed by atoms with van der Waals surface area (Å²) >= 11 is 0. The molecule has 8 heteroatoms. The average molecular weight is 465 g/mol. The number of nitrogens with zero attached hydrogens (tertiary/aromatic N) is 3. The number of carbonyl (C=O) groups is 1. The van der Waals surface area contributed by atoms with E-state index in [1.165, 1.54) is 21.5 Å². The minimum Gasteiger partial charge on any atom is -0.307 e. The fourth-order valence-corrected chi connectivity index (χ4v) is 6.45. The van der Waals surface area contributed by atoms with E-state index in [0.717, 1.165) is 38.5 Å². The summed E-state index contributed by atoms with van der Waals surface area (Å²) < 4.78 is 29.5. The second kappa shape index (κ2) is 9.11. The van der Waals surface area contributed by atoms with E-state index in [2.05, 4.69) is 28.6 Å². The molecule has 3 aromatic rings. The van der Waals surface area contributed by atoms with Gasteiger partial charge in [0.05, 0.1) is 17.1 Å². The molecule has 7 nitrogen and oxygen atoms in total. The van der Waals surface area contributed by atoms with Crippen LogP contribution >= 0.6 is 0 Å². The Balaban J connectivity index is 1.38. The van der Waals surface area contributed by atoms with Crippen LogP contribution in [-0.2, 0) is 16.4 Å². The van der Waals surface area contributed by atoms with Gasteiger partial charge in [-0.3, -0.25) is 4.79 Å². The van der Waals surface area contributed by atoms with Gasteiger partial charge in [0.15, 0.2) is 0 Å². The van der Waals surface area contributed by atoms with Gasteiger partial charge >= 0.3 is 0 Å². The molecule has 0 spiro atoms. The Morgan fingerprint density at radius 1 is 0.970 bits per heavy atom. The molecule has 1 N–H and O–H groups in total. The molecule has 0 bridgehead atoms. The maximum absolute atomic E-state index is 13.1. The number of benzene rings is 2. The molecule has 2 aromatic carbocycles. The molecule has 172 valence electrons. The molecule has 1 aromatic heterocycles. The Morgan fingerprint density at radius 2 is 1.79 bits per heavy atom. The third-order valence-corrected chi connectivity index (χ3v) is 8.49. The molecule has 1 unspecified atom stereocenters. The zero-order valence-corrected chi connectivity index (χ0v) is 19.3.